The summed E-state index contributed by atoms with van der Waals surface area (Å²) in [6.45, 7) is 9.54. The van der Waals surface area contributed by atoms with E-state index in [0.29, 0.717) is 9.20 Å². The number of hydrogen-bond acceptors (Lipinski definition) is 6. The lowest BCUT2D eigenvalue weighted by molar-refractivity contribution is -0.136. The van der Waals surface area contributed by atoms with Crippen LogP contribution in [0.4, 0.5) is 0 Å². The van der Waals surface area contributed by atoms with Gasteiger partial charge >= 0.3 is 5.97 Å². The summed E-state index contributed by atoms with van der Waals surface area (Å²) in [4.78, 5) is 40.4. The fourth-order valence-corrected chi connectivity index (χ4v) is 5.11. The molecule has 0 spiro atoms. The van der Waals surface area contributed by atoms with Gasteiger partial charge in [0.1, 0.15) is 17.0 Å². The van der Waals surface area contributed by atoms with E-state index in [2.05, 4.69) is 0 Å². The Labute approximate surface area is 208 Å². The van der Waals surface area contributed by atoms with Crippen molar-refractivity contribution in [2.75, 3.05) is 13.7 Å². The number of nitrogens with zero attached hydrogens (tertiary/aromatic N) is 2. The van der Waals surface area contributed by atoms with Crippen LogP contribution in [0.5, 0.6) is 5.75 Å². The van der Waals surface area contributed by atoms with Gasteiger partial charge in [-0.2, -0.15) is 0 Å². The number of fused-ring (bicyclic) bond motifs is 1. The number of benzene rings is 2. The molecule has 0 bridgehead atoms. The second-order valence-corrected chi connectivity index (χ2v) is 9.76. The molecule has 0 saturated carbocycles. The zero-order chi connectivity index (χ0) is 25.7. The van der Waals surface area contributed by atoms with Crippen molar-refractivity contribution in [2.45, 2.75) is 53.2 Å². The predicted octanol–water partition coefficient (Wildman–Crippen LogP) is 2.89. The second kappa shape index (κ2) is 11.4. The third-order valence-corrected chi connectivity index (χ3v) is 6.59. The van der Waals surface area contributed by atoms with Gasteiger partial charge in [-0.1, -0.05) is 18.2 Å². The fourth-order valence-electron chi connectivity index (χ4n) is 4.08. The van der Waals surface area contributed by atoms with E-state index in [1.165, 1.54) is 10.6 Å². The summed E-state index contributed by atoms with van der Waals surface area (Å²) in [5.74, 6) is 0.0429. The van der Waals surface area contributed by atoms with E-state index in [9.17, 15) is 14.4 Å². The Morgan fingerprint density at radius 1 is 1.06 bits per heavy atom. The van der Waals surface area contributed by atoms with Crippen LogP contribution in [0, 0.1) is 0 Å². The summed E-state index contributed by atoms with van der Waals surface area (Å²) in [5, 5.41) is 2.03. The number of aromatic nitrogens is 1. The van der Waals surface area contributed by atoms with E-state index in [1.807, 2.05) is 64.1 Å². The minimum absolute atomic E-state index is 0.0171. The van der Waals surface area contributed by atoms with Crippen LogP contribution < -0.4 is 19.5 Å². The van der Waals surface area contributed by atoms with Gasteiger partial charge < -0.3 is 14.4 Å². The summed E-state index contributed by atoms with van der Waals surface area (Å²) in [7, 11) is 1.63. The number of ether oxygens (including phenoxy) is 2. The van der Waals surface area contributed by atoms with Crippen molar-refractivity contribution in [2.24, 2.45) is 0 Å². The third kappa shape index (κ3) is 6.19. The smallest absolute Gasteiger partial charge is 0.333 e. The number of hydrogen-bond donors (Lipinski definition) is 0. The van der Waals surface area contributed by atoms with Crippen LogP contribution in [0.15, 0.2) is 41.2 Å². The number of carbonyl (C=O) groups is 2. The maximum Gasteiger partial charge on any atom is 0.333 e. The number of esters is 1. The van der Waals surface area contributed by atoms with Crippen LogP contribution in [-0.2, 0) is 20.9 Å². The zero-order valence-corrected chi connectivity index (χ0v) is 21.8. The maximum absolute atomic E-state index is 13.4. The largest absolute Gasteiger partial charge is 0.497 e. The topological polar surface area (TPSA) is 77.8 Å². The standard InChI is InChI=1S/C27H32N2O5S/c1-7-34-26(31)15-25-28(16-24(30)29(17(2)3)18(4)5)27(32)23(35-25)13-19-8-9-21-14-22(33-6)11-10-20(21)12-19/h8-15,17-18H,7,16H2,1-6H3. The van der Waals surface area contributed by atoms with Gasteiger partial charge in [-0.3, -0.25) is 14.2 Å². The molecule has 0 aliphatic carbocycles. The molecule has 0 saturated heterocycles. The van der Waals surface area contributed by atoms with Crippen LogP contribution in [0.2, 0.25) is 0 Å². The molecule has 0 unspecified atom stereocenters. The molecule has 35 heavy (non-hydrogen) atoms. The molecule has 0 fully saturated rings. The SMILES string of the molecule is CCOC(=O)C=c1sc(=Cc2ccc3cc(OC)ccc3c2)c(=O)n1CC(=O)N(C(C)C)C(C)C. The normalized spacial score (nSPS) is 12.6. The average molecular weight is 497 g/mol. The molecule has 1 aromatic heterocycles. The van der Waals surface area contributed by atoms with Crippen molar-refractivity contribution in [3.05, 3.63) is 61.5 Å². The summed E-state index contributed by atoms with van der Waals surface area (Å²) < 4.78 is 12.5. The highest BCUT2D eigenvalue weighted by molar-refractivity contribution is 7.07. The minimum Gasteiger partial charge on any atom is -0.497 e. The van der Waals surface area contributed by atoms with Gasteiger partial charge in [0, 0.05) is 12.1 Å². The van der Waals surface area contributed by atoms with Gasteiger partial charge in [-0.15, -0.1) is 11.3 Å². The van der Waals surface area contributed by atoms with Crippen LogP contribution in [0.25, 0.3) is 22.9 Å². The Kier molecular flexibility index (Phi) is 8.51. The molecule has 2 aromatic carbocycles. The highest BCUT2D eigenvalue weighted by Crippen LogP contribution is 2.22. The highest BCUT2D eigenvalue weighted by Gasteiger charge is 2.21. The number of methoxy groups -OCH3 is 1. The molecule has 186 valence electrons. The molecule has 0 aliphatic rings. The van der Waals surface area contributed by atoms with Crippen molar-refractivity contribution in [1.29, 1.82) is 0 Å². The molecule has 0 aliphatic heterocycles. The molecular weight excluding hydrogens is 464 g/mol. The molecule has 1 amide bonds. The Bertz CT molecular complexity index is 1390. The highest BCUT2D eigenvalue weighted by atomic mass is 32.1. The first-order valence-corrected chi connectivity index (χ1v) is 12.4. The van der Waals surface area contributed by atoms with E-state index in [-0.39, 0.29) is 36.7 Å². The van der Waals surface area contributed by atoms with Crippen molar-refractivity contribution in [3.63, 3.8) is 0 Å². The van der Waals surface area contributed by atoms with Gasteiger partial charge in [0.25, 0.3) is 5.56 Å². The van der Waals surface area contributed by atoms with Crippen LogP contribution in [0.1, 0.15) is 40.2 Å². The maximum atomic E-state index is 13.4. The van der Waals surface area contributed by atoms with E-state index >= 15 is 0 Å². The van der Waals surface area contributed by atoms with E-state index in [0.717, 1.165) is 33.4 Å². The quantitative estimate of drug-likeness (QED) is 0.448. The van der Waals surface area contributed by atoms with Gasteiger partial charge in [-0.25, -0.2) is 4.79 Å². The Hall–Kier alpha value is -3.39. The van der Waals surface area contributed by atoms with Gasteiger partial charge in [-0.05, 0) is 75.2 Å². The fraction of sp³-hybridized carbons (Fsp3) is 0.370. The number of amides is 1. The van der Waals surface area contributed by atoms with Crippen LogP contribution >= 0.6 is 11.3 Å². The Balaban J connectivity index is 2.11. The first-order chi connectivity index (χ1) is 16.6. The number of rotatable bonds is 8. The summed E-state index contributed by atoms with van der Waals surface area (Å²) >= 11 is 1.16. The molecule has 8 heteroatoms. The lowest BCUT2D eigenvalue weighted by Gasteiger charge is -2.30. The molecule has 1 heterocycles. The summed E-state index contributed by atoms with van der Waals surface area (Å²) in [5.41, 5.74) is 0.523. The van der Waals surface area contributed by atoms with E-state index < -0.39 is 5.97 Å². The number of carbonyl (C=O) groups excluding carboxylic acids is 2. The Morgan fingerprint density at radius 2 is 1.71 bits per heavy atom. The predicted molar refractivity (Wildman–Crippen MR) is 140 cm³/mol. The van der Waals surface area contributed by atoms with E-state index in [1.54, 1.807) is 25.0 Å². The van der Waals surface area contributed by atoms with Gasteiger partial charge in [0.2, 0.25) is 5.91 Å². The van der Waals surface area contributed by atoms with Crippen molar-refractivity contribution >= 4 is 46.1 Å². The molecule has 0 atom stereocenters. The molecule has 7 nitrogen and oxygen atoms in total. The monoisotopic (exact) mass is 496 g/mol. The number of thiazole rings is 1. The zero-order valence-electron chi connectivity index (χ0n) is 21.0. The minimum atomic E-state index is -0.550. The first kappa shape index (κ1) is 26.2. The molecule has 0 N–H and O–H groups in total. The average Bonchev–Trinajstić information content (AvgIpc) is 3.06. The lowest BCUT2D eigenvalue weighted by Crippen LogP contribution is -2.46. The van der Waals surface area contributed by atoms with Crippen molar-refractivity contribution in [3.8, 4) is 5.75 Å². The van der Waals surface area contributed by atoms with Crippen molar-refractivity contribution in [1.82, 2.24) is 9.47 Å². The van der Waals surface area contributed by atoms with Crippen LogP contribution in [0.3, 0.4) is 0 Å². The Morgan fingerprint density at radius 3 is 2.34 bits per heavy atom. The molecular formula is C27H32N2O5S. The first-order valence-electron chi connectivity index (χ1n) is 11.6. The summed E-state index contributed by atoms with van der Waals surface area (Å²) in [6.07, 6.45) is 3.06. The van der Waals surface area contributed by atoms with Crippen LogP contribution in [-0.4, -0.2) is 47.1 Å². The molecule has 0 radical (unpaired) electrons. The molecule has 3 rings (SSSR count). The van der Waals surface area contributed by atoms with Gasteiger partial charge in [0.05, 0.1) is 24.3 Å². The van der Waals surface area contributed by atoms with E-state index in [4.69, 9.17) is 9.47 Å². The van der Waals surface area contributed by atoms with Gasteiger partial charge in [0.15, 0.2) is 0 Å². The third-order valence-electron chi connectivity index (χ3n) is 5.53. The molecule has 3 aromatic rings. The summed E-state index contributed by atoms with van der Waals surface area (Å²) in [6, 6.07) is 11.6. The van der Waals surface area contributed by atoms with Crippen molar-refractivity contribution < 1.29 is 19.1 Å². The second-order valence-electron chi connectivity index (χ2n) is 8.70. The lowest BCUT2D eigenvalue weighted by atomic mass is 10.1.